The highest BCUT2D eigenvalue weighted by Gasteiger charge is 2.38. The fourth-order valence-electron chi connectivity index (χ4n) is 2.41. The predicted octanol–water partition coefficient (Wildman–Crippen LogP) is 1.27. The molecule has 5 nitrogen and oxygen atoms in total. The van der Waals surface area contributed by atoms with E-state index in [1.807, 2.05) is 0 Å². The third kappa shape index (κ3) is 4.28. The van der Waals surface area contributed by atoms with Crippen molar-refractivity contribution in [3.8, 4) is 0 Å². The lowest BCUT2D eigenvalue weighted by molar-refractivity contribution is -0.808. The summed E-state index contributed by atoms with van der Waals surface area (Å²) >= 11 is 0. The number of rotatable bonds is 9. The molecule has 2 atom stereocenters. The Hall–Kier alpha value is -1.46. The molecule has 112 valence electrons. The van der Waals surface area contributed by atoms with Crippen LogP contribution in [-0.2, 0) is 4.79 Å². The van der Waals surface area contributed by atoms with Crippen molar-refractivity contribution < 1.29 is 14.4 Å². The summed E-state index contributed by atoms with van der Waals surface area (Å²) in [5, 5.41) is 11.0. The number of nitrogens with zero attached hydrogens (tertiary/aromatic N) is 2. The average molecular weight is 279 g/mol. The maximum Gasteiger partial charge on any atom is 0.209 e. The van der Waals surface area contributed by atoms with Crippen LogP contribution >= 0.6 is 0 Å². The molecule has 0 aromatic heterocycles. The molecule has 0 saturated heterocycles. The van der Waals surface area contributed by atoms with E-state index in [1.165, 1.54) is 0 Å². The third-order valence-electron chi connectivity index (χ3n) is 3.58. The Labute approximate surface area is 121 Å². The molecular weight excluding hydrogens is 254 g/mol. The highest BCUT2D eigenvalue weighted by molar-refractivity contribution is 5.81. The number of carboxylic acids is 1. The van der Waals surface area contributed by atoms with Crippen LogP contribution < -0.4 is 10.8 Å². The number of nitrogens with two attached hydrogens (primary N) is 1. The van der Waals surface area contributed by atoms with E-state index in [9.17, 15) is 9.90 Å². The first-order valence-electron chi connectivity index (χ1n) is 7.25. The summed E-state index contributed by atoms with van der Waals surface area (Å²) in [7, 11) is 0. The van der Waals surface area contributed by atoms with Crippen molar-refractivity contribution in [1.29, 1.82) is 0 Å². The van der Waals surface area contributed by atoms with Gasteiger partial charge < -0.3 is 9.90 Å². The van der Waals surface area contributed by atoms with Gasteiger partial charge in [0.25, 0.3) is 0 Å². The second kappa shape index (κ2) is 7.97. The predicted molar refractivity (Wildman–Crippen MR) is 78.3 cm³/mol. The molecule has 1 aliphatic heterocycles. The summed E-state index contributed by atoms with van der Waals surface area (Å²) in [6, 6.07) is 0. The fraction of sp³-hybridized carbons (Fsp3) is 0.600. The van der Waals surface area contributed by atoms with E-state index in [0.717, 1.165) is 37.9 Å². The van der Waals surface area contributed by atoms with Crippen LogP contribution in [0.4, 0.5) is 0 Å². The lowest BCUT2D eigenvalue weighted by Gasteiger charge is -2.36. The van der Waals surface area contributed by atoms with Crippen molar-refractivity contribution in [3.63, 3.8) is 0 Å². The number of aliphatic carboxylic acids is 1. The number of amidine groups is 1. The molecule has 0 aromatic carbocycles. The Kier molecular flexibility index (Phi) is 6.61. The number of quaternary nitrogens is 1. The van der Waals surface area contributed by atoms with Gasteiger partial charge in [-0.05, 0) is 25.7 Å². The number of unbranched alkanes of at least 4 members (excludes halogenated alkanes) is 2. The summed E-state index contributed by atoms with van der Waals surface area (Å²) < 4.78 is 0.0904. The quantitative estimate of drug-likeness (QED) is 0.392. The molecule has 0 saturated carbocycles. The average Bonchev–Trinajstić information content (AvgIpc) is 2.77. The first kappa shape index (κ1) is 16.6. The molecule has 2 N–H and O–H groups in total. The second-order valence-electron chi connectivity index (χ2n) is 5.17. The molecule has 0 bridgehead atoms. The number of allylic oxidation sites excluding steroid dienone is 2. The minimum Gasteiger partial charge on any atom is -0.544 e. The first-order chi connectivity index (χ1) is 9.53. The van der Waals surface area contributed by atoms with Crippen molar-refractivity contribution in [2.75, 3.05) is 6.54 Å². The Balaban J connectivity index is 2.55. The largest absolute Gasteiger partial charge is 0.544 e. The molecule has 5 heteroatoms. The highest BCUT2D eigenvalue weighted by atomic mass is 16.4. The molecule has 0 aliphatic carbocycles. The van der Waals surface area contributed by atoms with E-state index >= 15 is 0 Å². The van der Waals surface area contributed by atoms with Gasteiger partial charge in [-0.2, -0.15) is 0 Å². The highest BCUT2D eigenvalue weighted by Crippen LogP contribution is 2.22. The van der Waals surface area contributed by atoms with Gasteiger partial charge in [0.05, 0.1) is 12.2 Å². The monoisotopic (exact) mass is 279 g/mol. The van der Waals surface area contributed by atoms with E-state index in [2.05, 4.69) is 24.1 Å². The van der Waals surface area contributed by atoms with E-state index in [0.29, 0.717) is 0 Å². The smallest absolute Gasteiger partial charge is 0.209 e. The normalized spacial score (nSPS) is 23.2. The summed E-state index contributed by atoms with van der Waals surface area (Å²) in [4.78, 5) is 15.3. The third-order valence-corrected chi connectivity index (χ3v) is 3.58. The van der Waals surface area contributed by atoms with Gasteiger partial charge in [-0.15, -0.1) is 0 Å². The number of carbonyl (C=O) groups is 1. The zero-order valence-electron chi connectivity index (χ0n) is 12.4. The van der Waals surface area contributed by atoms with E-state index in [-0.39, 0.29) is 17.2 Å². The van der Waals surface area contributed by atoms with Crippen LogP contribution in [0.3, 0.4) is 0 Å². The van der Waals surface area contributed by atoms with Crippen LogP contribution in [0, 0.1) is 0 Å². The Morgan fingerprint density at radius 1 is 1.50 bits per heavy atom. The van der Waals surface area contributed by atoms with E-state index in [4.69, 9.17) is 5.73 Å². The molecule has 0 radical (unpaired) electrons. The van der Waals surface area contributed by atoms with Crippen LogP contribution in [-0.4, -0.2) is 29.0 Å². The molecule has 0 spiro atoms. The van der Waals surface area contributed by atoms with Crippen LogP contribution in [0.25, 0.3) is 0 Å². The molecule has 0 aromatic rings. The van der Waals surface area contributed by atoms with Gasteiger partial charge >= 0.3 is 0 Å². The molecule has 0 amide bonds. The zero-order chi connectivity index (χ0) is 15.0. The standard InChI is InChI=1S/C15H25N3O2/c1-3-4-5-6-7-8-9-14-17-10-11-18(14,13(2)16)12-15(19)20/h4-5,10-11,13H,3,6-9,12,16H2,1-2H3/b5-4+. The lowest BCUT2D eigenvalue weighted by Crippen LogP contribution is -2.60. The van der Waals surface area contributed by atoms with Crippen molar-refractivity contribution in [2.24, 2.45) is 10.7 Å². The Morgan fingerprint density at radius 3 is 2.85 bits per heavy atom. The van der Waals surface area contributed by atoms with Gasteiger partial charge in [0.2, 0.25) is 5.84 Å². The molecule has 1 rings (SSSR count). The van der Waals surface area contributed by atoms with Crippen LogP contribution in [0.15, 0.2) is 29.5 Å². The Bertz CT molecular complexity index is 413. The number of carbonyl (C=O) groups excluding carboxylic acids is 1. The van der Waals surface area contributed by atoms with Gasteiger partial charge in [0.1, 0.15) is 18.9 Å². The van der Waals surface area contributed by atoms with Crippen molar-refractivity contribution in [3.05, 3.63) is 24.6 Å². The molecule has 0 fully saturated rings. The lowest BCUT2D eigenvalue weighted by atomic mass is 10.1. The number of carboxylic acid groups (broad SMARTS) is 1. The maximum absolute atomic E-state index is 11.0. The van der Waals surface area contributed by atoms with E-state index in [1.54, 1.807) is 19.3 Å². The van der Waals surface area contributed by atoms with Crippen LogP contribution in [0.1, 0.15) is 46.0 Å². The number of aliphatic imine (C=N–C) groups is 1. The van der Waals surface area contributed by atoms with Gasteiger partial charge in [-0.25, -0.2) is 9.48 Å². The summed E-state index contributed by atoms with van der Waals surface area (Å²) in [5.74, 6) is -0.281. The zero-order valence-corrected chi connectivity index (χ0v) is 12.4. The van der Waals surface area contributed by atoms with Crippen molar-refractivity contribution in [2.45, 2.75) is 52.1 Å². The molecule has 1 heterocycles. The molecular formula is C15H25N3O2. The molecule has 20 heavy (non-hydrogen) atoms. The molecule has 1 aliphatic rings. The first-order valence-corrected chi connectivity index (χ1v) is 7.25. The Morgan fingerprint density at radius 2 is 2.25 bits per heavy atom. The number of hydrogen-bond acceptors (Lipinski definition) is 4. The summed E-state index contributed by atoms with van der Waals surface area (Å²) in [6.45, 7) is 3.77. The van der Waals surface area contributed by atoms with Crippen LogP contribution in [0.5, 0.6) is 0 Å². The topological polar surface area (TPSA) is 78.5 Å². The summed E-state index contributed by atoms with van der Waals surface area (Å²) in [5.41, 5.74) is 5.98. The second-order valence-corrected chi connectivity index (χ2v) is 5.17. The minimum atomic E-state index is -1.10. The van der Waals surface area contributed by atoms with E-state index < -0.39 is 5.97 Å². The number of hydrogen-bond donors (Lipinski definition) is 1. The van der Waals surface area contributed by atoms with Gasteiger partial charge in [0.15, 0.2) is 0 Å². The fourth-order valence-corrected chi connectivity index (χ4v) is 2.41. The SMILES string of the molecule is CC/C=C/CCCCC1=NC=C[N+]1(CC(=O)[O-])C(C)N. The minimum absolute atomic E-state index is 0.0904. The van der Waals surface area contributed by atoms with Crippen molar-refractivity contribution >= 4 is 11.8 Å². The van der Waals surface area contributed by atoms with Gasteiger partial charge in [0, 0.05) is 13.3 Å². The van der Waals surface area contributed by atoms with Crippen molar-refractivity contribution in [1.82, 2.24) is 0 Å². The maximum atomic E-state index is 11.0. The summed E-state index contributed by atoms with van der Waals surface area (Å²) in [6.07, 6.45) is 12.3. The van der Waals surface area contributed by atoms with Gasteiger partial charge in [-0.3, -0.25) is 5.73 Å². The van der Waals surface area contributed by atoms with Crippen LogP contribution in [0.2, 0.25) is 0 Å². The molecule has 2 unspecified atom stereocenters. The van der Waals surface area contributed by atoms with Gasteiger partial charge in [-0.1, -0.05) is 19.1 Å².